The normalized spacial score (nSPS) is 15.3. The van der Waals surface area contributed by atoms with Crippen LogP contribution in [-0.4, -0.2) is 108 Å². The second kappa shape index (κ2) is 30.0. The molecule has 1 saturated heterocycles. The van der Waals surface area contributed by atoms with E-state index in [1.807, 2.05) is 0 Å². The van der Waals surface area contributed by atoms with Gasteiger partial charge in [-0.3, -0.25) is 28.8 Å². The first-order valence-electron chi connectivity index (χ1n) is 10.6. The van der Waals surface area contributed by atoms with Gasteiger partial charge < -0.3 is 51.5 Å². The predicted molar refractivity (Wildman–Crippen MR) is 133 cm³/mol. The van der Waals surface area contributed by atoms with Crippen molar-refractivity contribution in [3.8, 4) is 0 Å². The van der Waals surface area contributed by atoms with Crippen molar-refractivity contribution in [1.82, 2.24) is 0 Å². The Kier molecular flexibility index (Phi) is 36.3. The maximum atomic E-state index is 10.5. The Morgan fingerprint density at radius 2 is 0.929 bits per heavy atom. The van der Waals surface area contributed by atoms with E-state index in [1.165, 1.54) is 0 Å². The van der Waals surface area contributed by atoms with Crippen LogP contribution in [0.1, 0.15) is 34.1 Å². The number of carboxylic acid groups (broad SMARTS) is 8. The smallest absolute Gasteiger partial charge is 0.686 e. The number of piperidine rings is 1. The topological polar surface area (TPSA) is 327 Å². The van der Waals surface area contributed by atoms with Gasteiger partial charge >= 0.3 is 58.0 Å². The third kappa shape index (κ3) is 43.1. The number of hydrogen-bond acceptors (Lipinski definition) is 8. The van der Waals surface area contributed by atoms with E-state index in [2.05, 4.69) is 10.6 Å². The third-order valence-electron chi connectivity index (χ3n) is 3.31. The van der Waals surface area contributed by atoms with Gasteiger partial charge in [0, 0.05) is 50.7 Å². The molecule has 2 atom stereocenters. The Balaban J connectivity index is -0.000000100. The van der Waals surface area contributed by atoms with E-state index in [1.54, 1.807) is 0 Å². The quantitative estimate of drug-likeness (QED) is 0.188. The van der Waals surface area contributed by atoms with Gasteiger partial charge in [0.2, 0.25) is 0 Å². The molecule has 0 amide bonds. The molecular weight excluding hydrogens is 675 g/mol. The van der Waals surface area contributed by atoms with Crippen molar-refractivity contribution < 1.29 is 113 Å². The van der Waals surface area contributed by atoms with E-state index in [4.69, 9.17) is 60.0 Å². The molecule has 2 aliphatic heterocycles. The number of aliphatic carboxylic acids is 8. The number of carboxylic acids is 8. The molecule has 8 N–H and O–H groups in total. The van der Waals surface area contributed by atoms with E-state index in [-0.39, 0.29) is 71.3 Å². The molecule has 0 saturated carbocycles. The van der Waals surface area contributed by atoms with Gasteiger partial charge in [-0.2, -0.15) is 6.20 Å². The van der Waals surface area contributed by atoms with E-state index >= 15 is 0 Å². The fraction of sp³-hybridized carbons (Fsp3) is 0.455. The molecule has 2 heterocycles. The fourth-order valence-corrected chi connectivity index (χ4v) is 2.00. The van der Waals surface area contributed by atoms with Gasteiger partial charge in [-0.15, -0.1) is 13.1 Å². The molecule has 1 fully saturated rings. The first-order chi connectivity index (χ1) is 18.1. The van der Waals surface area contributed by atoms with Crippen LogP contribution < -0.4 is 0 Å². The summed E-state index contributed by atoms with van der Waals surface area (Å²) in [5.74, 6) is -8.77. The molecule has 18 nitrogen and oxygen atoms in total. The standard InChI is InChI=1S/C7H10NO4.C7H6NO4.4C2H4O2.2Cu/c2*9-6(10)4-1-5(7(11)12)3-8-2-4;4*1-2(3)4;;/h4-5H,1-3H2,(H,9,10)(H,11,12);1-2H,3H2,(H,9,10)(H,11,12);4*1H3,(H,3,4);;/q2*-1;;;;;2*+1. The van der Waals surface area contributed by atoms with Crippen LogP contribution in [0.2, 0.25) is 0 Å². The molecule has 2 unspecified atom stereocenters. The molecule has 42 heavy (non-hydrogen) atoms. The third-order valence-corrected chi connectivity index (χ3v) is 3.31. The summed E-state index contributed by atoms with van der Waals surface area (Å²) in [5, 5.41) is 71.2. The largest absolute Gasteiger partial charge is 1.00 e. The Hall–Kier alpha value is -3.96. The van der Waals surface area contributed by atoms with Crippen molar-refractivity contribution >= 4 is 47.8 Å². The summed E-state index contributed by atoms with van der Waals surface area (Å²) in [6.45, 7) is 4.87. The van der Waals surface area contributed by atoms with Crippen molar-refractivity contribution in [3.05, 3.63) is 34.1 Å². The molecule has 0 aromatic rings. The number of carbonyl (C=O) groups is 8. The summed E-state index contributed by atoms with van der Waals surface area (Å²) in [5.41, 5.74) is -0.103. The molecule has 2 rings (SSSR count). The molecule has 2 aliphatic rings. The molecule has 20 heteroatoms. The maximum absolute atomic E-state index is 10.5. The number of hydrogen-bond donors (Lipinski definition) is 8. The zero-order valence-electron chi connectivity index (χ0n) is 22.5. The van der Waals surface area contributed by atoms with Gasteiger partial charge in [0.15, 0.2) is 0 Å². The van der Waals surface area contributed by atoms with Crippen LogP contribution in [0, 0.1) is 11.8 Å². The van der Waals surface area contributed by atoms with Crippen LogP contribution >= 0.6 is 0 Å². The summed E-state index contributed by atoms with van der Waals surface area (Å²) in [6.07, 6.45) is 2.46. The Morgan fingerprint density at radius 1 is 0.619 bits per heavy atom. The molecule has 0 spiro atoms. The van der Waals surface area contributed by atoms with E-state index in [9.17, 15) is 19.2 Å². The zero-order valence-corrected chi connectivity index (χ0v) is 24.4. The molecule has 248 valence electrons. The minimum Gasteiger partial charge on any atom is -0.686 e. The van der Waals surface area contributed by atoms with Crippen LogP contribution in [-0.2, 0) is 72.5 Å². The van der Waals surface area contributed by atoms with Crippen molar-refractivity contribution in [1.29, 1.82) is 0 Å². The first kappa shape index (κ1) is 50.8. The molecule has 0 bridgehead atoms. The second-order valence-electron chi connectivity index (χ2n) is 7.18. The summed E-state index contributed by atoms with van der Waals surface area (Å²) in [4.78, 5) is 77.7. The van der Waals surface area contributed by atoms with Gasteiger partial charge in [-0.1, -0.05) is 6.54 Å². The van der Waals surface area contributed by atoms with Crippen molar-refractivity contribution in [2.45, 2.75) is 34.1 Å². The Bertz CT molecular complexity index is 882. The summed E-state index contributed by atoms with van der Waals surface area (Å²) in [6, 6.07) is 0. The van der Waals surface area contributed by atoms with Crippen molar-refractivity contribution in [3.63, 3.8) is 0 Å². The zero-order chi connectivity index (χ0) is 32.6. The average Bonchev–Trinajstić information content (AvgIpc) is 2.78. The van der Waals surface area contributed by atoms with Crippen molar-refractivity contribution in [2.24, 2.45) is 11.8 Å². The van der Waals surface area contributed by atoms with Crippen LogP contribution in [0.25, 0.3) is 10.6 Å². The summed E-state index contributed by atoms with van der Waals surface area (Å²) >= 11 is 0. The minimum atomic E-state index is -1.17. The molecule has 0 aromatic carbocycles. The van der Waals surface area contributed by atoms with Gasteiger partial charge in [-0.05, 0) is 12.5 Å². The van der Waals surface area contributed by atoms with Crippen molar-refractivity contribution in [2.75, 3.05) is 19.6 Å². The maximum Gasteiger partial charge on any atom is 1.00 e. The Morgan fingerprint density at radius 3 is 1.17 bits per heavy atom. The van der Waals surface area contributed by atoms with Crippen LogP contribution in [0.15, 0.2) is 23.4 Å². The van der Waals surface area contributed by atoms with Gasteiger partial charge in [0.1, 0.15) is 0 Å². The molecule has 0 aromatic heterocycles. The van der Waals surface area contributed by atoms with E-state index < -0.39 is 59.6 Å². The number of rotatable bonds is 4. The first-order valence-corrected chi connectivity index (χ1v) is 10.6. The SMILES string of the molecule is CC(=O)O.CC(=O)O.CC(=O)O.CC(=O)O.O=C(O)C1=C[N-]CC(C(=O)O)=C1.O=C(O)C1C[N-]CC(C(=O)O)C1.[Cu+].[Cu+]. The summed E-state index contributed by atoms with van der Waals surface area (Å²) in [7, 11) is 0. The van der Waals surface area contributed by atoms with E-state index in [0.29, 0.717) is 0 Å². The van der Waals surface area contributed by atoms with Gasteiger partial charge in [-0.25, -0.2) is 9.59 Å². The Labute approximate surface area is 260 Å². The monoisotopic (exact) mass is 706 g/mol. The second-order valence-corrected chi connectivity index (χ2v) is 7.18. The predicted octanol–water partition coefficient (Wildman–Crippen LogP) is 0.877. The van der Waals surface area contributed by atoms with Gasteiger partial charge in [0.05, 0.1) is 0 Å². The molecular formula is C22H32Cu2N2O16. The number of nitrogens with zero attached hydrogens (tertiary/aromatic N) is 2. The van der Waals surface area contributed by atoms with Crippen LogP contribution in [0.4, 0.5) is 0 Å². The van der Waals surface area contributed by atoms with E-state index in [0.717, 1.165) is 40.0 Å². The van der Waals surface area contributed by atoms with Crippen LogP contribution in [0.5, 0.6) is 0 Å². The fourth-order valence-electron chi connectivity index (χ4n) is 2.00. The molecule has 0 aliphatic carbocycles. The van der Waals surface area contributed by atoms with Gasteiger partial charge in [0.25, 0.3) is 23.9 Å². The molecule has 0 radical (unpaired) electrons. The van der Waals surface area contributed by atoms with Crippen LogP contribution in [0.3, 0.4) is 0 Å². The average molecular weight is 708 g/mol. The summed E-state index contributed by atoms with van der Waals surface area (Å²) < 4.78 is 0. The minimum absolute atomic E-state index is 0.